The van der Waals surface area contributed by atoms with Crippen LogP contribution in [0.2, 0.25) is 0 Å². The number of benzene rings is 9. The van der Waals surface area contributed by atoms with Gasteiger partial charge in [0.2, 0.25) is 19.7 Å². The van der Waals surface area contributed by atoms with Crippen molar-refractivity contribution < 1.29 is 35.8 Å². The van der Waals surface area contributed by atoms with Crippen LogP contribution in [0.1, 0.15) is 38.9 Å². The van der Waals surface area contributed by atoms with Gasteiger partial charge in [0.05, 0.1) is 19.6 Å². The topological polar surface area (TPSA) is 105 Å². The zero-order valence-electron chi connectivity index (χ0n) is 39.6. The minimum Gasteiger partial charge on any atom is -0.457 e. The first-order valence-electron chi connectivity index (χ1n) is 22.8. The summed E-state index contributed by atoms with van der Waals surface area (Å²) < 4.78 is 79.5. The van der Waals surface area contributed by atoms with Crippen LogP contribution in [0.3, 0.4) is 0 Å². The van der Waals surface area contributed by atoms with Crippen molar-refractivity contribution in [2.75, 3.05) is 0 Å². The minimum absolute atomic E-state index is 0.156. The second kappa shape index (κ2) is 20.3. The molecule has 0 aromatic heterocycles. The molecule has 10 heteroatoms. The quantitative estimate of drug-likeness (QED) is 0.105. The van der Waals surface area contributed by atoms with Gasteiger partial charge in [-0.25, -0.2) is 16.8 Å². The van der Waals surface area contributed by atoms with Gasteiger partial charge in [-0.15, -0.1) is 0 Å². The van der Waals surface area contributed by atoms with Crippen LogP contribution in [0.25, 0.3) is 11.1 Å². The van der Waals surface area contributed by atoms with Crippen LogP contribution in [0.5, 0.6) is 46.0 Å². The SMILES string of the molecule is Cc1ccc(Oc2ccc(S(=O)(=O)c3ccc(Oc4ccc(-c5ccc(Oc6ccc(S(=O)(=O)c7ccc(Oc8ccc(C#Cc9ccccc9)cc8)c(C)c7)cc6C)cc5)cc4)c(C)c3)cc2C)cc1. The molecule has 0 saturated carbocycles. The largest absolute Gasteiger partial charge is 0.457 e. The van der Waals surface area contributed by atoms with Gasteiger partial charge in [0.15, 0.2) is 0 Å². The lowest BCUT2D eigenvalue weighted by molar-refractivity contribution is 0.477. The zero-order chi connectivity index (χ0) is 49.7. The van der Waals surface area contributed by atoms with E-state index in [4.69, 9.17) is 18.9 Å². The molecule has 9 aromatic carbocycles. The number of hydrogen-bond acceptors (Lipinski definition) is 8. The summed E-state index contributed by atoms with van der Waals surface area (Å²) in [5, 5.41) is 0. The number of sulfone groups is 2. The van der Waals surface area contributed by atoms with E-state index in [0.717, 1.165) is 27.8 Å². The van der Waals surface area contributed by atoms with Crippen molar-refractivity contribution in [2.24, 2.45) is 0 Å². The summed E-state index contributed by atoms with van der Waals surface area (Å²) >= 11 is 0. The molecule has 71 heavy (non-hydrogen) atoms. The predicted molar refractivity (Wildman–Crippen MR) is 278 cm³/mol. The maximum atomic E-state index is 13.8. The second-order valence-electron chi connectivity index (χ2n) is 17.1. The maximum absolute atomic E-state index is 13.8. The van der Waals surface area contributed by atoms with Gasteiger partial charge in [-0.2, -0.15) is 0 Å². The molecule has 0 aliphatic heterocycles. The van der Waals surface area contributed by atoms with Crippen LogP contribution in [-0.4, -0.2) is 16.8 Å². The Morgan fingerprint density at radius 3 is 0.901 bits per heavy atom. The first kappa shape index (κ1) is 47.7. The molecule has 0 heterocycles. The molecule has 0 N–H and O–H groups in total. The normalized spacial score (nSPS) is 11.3. The molecular formula is C61H48O8S2. The summed E-state index contributed by atoms with van der Waals surface area (Å²) in [4.78, 5) is 0.663. The van der Waals surface area contributed by atoms with Gasteiger partial charge in [-0.3, -0.25) is 0 Å². The van der Waals surface area contributed by atoms with Gasteiger partial charge < -0.3 is 18.9 Å². The van der Waals surface area contributed by atoms with Crippen molar-refractivity contribution in [3.8, 4) is 69.0 Å². The summed E-state index contributed by atoms with van der Waals surface area (Å²) in [6, 6.07) is 59.6. The van der Waals surface area contributed by atoms with Crippen molar-refractivity contribution in [3.63, 3.8) is 0 Å². The summed E-state index contributed by atoms with van der Waals surface area (Å²) in [6.45, 7) is 9.28. The van der Waals surface area contributed by atoms with Crippen molar-refractivity contribution in [1.29, 1.82) is 0 Å². The highest BCUT2D eigenvalue weighted by Gasteiger charge is 2.22. The van der Waals surface area contributed by atoms with E-state index in [1.54, 1.807) is 72.8 Å². The van der Waals surface area contributed by atoms with Gasteiger partial charge in [-0.1, -0.05) is 72.0 Å². The third kappa shape index (κ3) is 11.1. The molecule has 0 saturated heterocycles. The third-order valence-electron chi connectivity index (χ3n) is 11.8. The molecule has 9 rings (SSSR count). The summed E-state index contributed by atoms with van der Waals surface area (Å²) in [5.41, 5.74) is 7.53. The van der Waals surface area contributed by atoms with Crippen LogP contribution < -0.4 is 18.9 Å². The standard InChI is InChI=1S/C61H48O8S2/c1-41-11-21-50(22-12-41)66-58-33-29-54(37-42(58)2)70(62,63)56-31-35-60(44(4)39-56)68-52-25-17-48(18-26-52)49-19-27-53(28-20-49)69-61-36-32-57(40-45(61)5)71(64,65)55-30-34-59(43(3)38-55)67-51-23-15-47(16-24-51)14-13-46-9-7-6-8-10-46/h6-12,15-40H,1-5H3. The molecule has 0 radical (unpaired) electrons. The molecule has 0 amide bonds. The lowest BCUT2D eigenvalue weighted by atomic mass is 10.1. The zero-order valence-corrected chi connectivity index (χ0v) is 41.3. The van der Waals surface area contributed by atoms with Gasteiger partial charge in [-0.05, 0) is 214 Å². The molecule has 0 aliphatic rings. The summed E-state index contributed by atoms with van der Waals surface area (Å²) in [5.74, 6) is 11.0. The lowest BCUT2D eigenvalue weighted by Gasteiger charge is -2.14. The van der Waals surface area contributed by atoms with Crippen molar-refractivity contribution in [1.82, 2.24) is 0 Å². The van der Waals surface area contributed by atoms with Crippen LogP contribution in [0.4, 0.5) is 0 Å². The fourth-order valence-corrected chi connectivity index (χ4v) is 10.6. The molecule has 0 bridgehead atoms. The minimum atomic E-state index is -3.85. The Morgan fingerprint density at radius 2 is 0.592 bits per heavy atom. The van der Waals surface area contributed by atoms with Gasteiger partial charge in [0, 0.05) is 11.1 Å². The van der Waals surface area contributed by atoms with Gasteiger partial charge in [0.1, 0.15) is 46.0 Å². The fraction of sp³-hybridized carbons (Fsp3) is 0.0820. The average Bonchev–Trinajstić information content (AvgIpc) is 3.37. The van der Waals surface area contributed by atoms with Crippen molar-refractivity contribution in [2.45, 2.75) is 54.2 Å². The van der Waals surface area contributed by atoms with Crippen LogP contribution >= 0.6 is 0 Å². The lowest BCUT2D eigenvalue weighted by Crippen LogP contribution is -2.03. The second-order valence-corrected chi connectivity index (χ2v) is 21.0. The molecule has 352 valence electrons. The summed E-state index contributed by atoms with van der Waals surface area (Å²) in [6.07, 6.45) is 0. The Morgan fingerprint density at radius 1 is 0.310 bits per heavy atom. The highest BCUT2D eigenvalue weighted by Crippen LogP contribution is 2.36. The number of hydrogen-bond donors (Lipinski definition) is 0. The molecule has 0 aliphatic carbocycles. The van der Waals surface area contributed by atoms with E-state index < -0.39 is 19.7 Å². The van der Waals surface area contributed by atoms with Crippen molar-refractivity contribution >= 4 is 19.7 Å². The Kier molecular flexibility index (Phi) is 13.6. The molecule has 0 spiro atoms. The maximum Gasteiger partial charge on any atom is 0.206 e. The Labute approximate surface area is 415 Å². The Bertz CT molecular complexity index is 3690. The van der Waals surface area contributed by atoms with E-state index in [0.29, 0.717) is 68.2 Å². The van der Waals surface area contributed by atoms with Crippen LogP contribution in [0.15, 0.2) is 220 Å². The summed E-state index contributed by atoms with van der Waals surface area (Å²) in [7, 11) is -7.65. The average molecular weight is 973 g/mol. The smallest absolute Gasteiger partial charge is 0.206 e. The fourth-order valence-electron chi connectivity index (χ4n) is 7.70. The third-order valence-corrected chi connectivity index (χ3v) is 15.3. The van der Waals surface area contributed by atoms with E-state index in [1.165, 1.54) is 0 Å². The number of rotatable bonds is 13. The first-order valence-corrected chi connectivity index (χ1v) is 25.7. The van der Waals surface area contributed by atoms with E-state index in [2.05, 4.69) is 11.8 Å². The van der Waals surface area contributed by atoms with Crippen LogP contribution in [0, 0.1) is 46.5 Å². The Hall–Kier alpha value is -8.36. The molecule has 0 fully saturated rings. The first-order chi connectivity index (χ1) is 34.2. The monoisotopic (exact) mass is 972 g/mol. The highest BCUT2D eigenvalue weighted by atomic mass is 32.2. The highest BCUT2D eigenvalue weighted by molar-refractivity contribution is 7.91. The Balaban J connectivity index is 0.797. The molecular weight excluding hydrogens is 925 g/mol. The molecule has 9 aromatic rings. The van der Waals surface area contributed by atoms with E-state index >= 15 is 0 Å². The molecule has 8 nitrogen and oxygen atoms in total. The molecule has 0 unspecified atom stereocenters. The van der Waals surface area contributed by atoms with Crippen molar-refractivity contribution in [3.05, 3.63) is 239 Å². The van der Waals surface area contributed by atoms with Crippen LogP contribution in [-0.2, 0) is 19.7 Å². The molecule has 0 atom stereocenters. The van der Waals surface area contributed by atoms with E-state index in [1.807, 2.05) is 162 Å². The van der Waals surface area contributed by atoms with E-state index in [9.17, 15) is 16.8 Å². The predicted octanol–water partition coefficient (Wildman–Crippen LogP) is 15.1. The van der Waals surface area contributed by atoms with Gasteiger partial charge >= 0.3 is 0 Å². The number of aryl methyl sites for hydroxylation is 5. The van der Waals surface area contributed by atoms with Gasteiger partial charge in [0.25, 0.3) is 0 Å². The van der Waals surface area contributed by atoms with E-state index in [-0.39, 0.29) is 19.6 Å². The number of ether oxygens (including phenoxy) is 4.